The average Bonchev–Trinajstić information content (AvgIpc) is 2.50. The van der Waals surface area contributed by atoms with Gasteiger partial charge in [-0.2, -0.15) is 0 Å². The second-order valence-corrected chi connectivity index (χ2v) is 6.16. The van der Waals surface area contributed by atoms with E-state index in [-0.39, 0.29) is 31.5 Å². The Kier molecular flexibility index (Phi) is 6.23. The van der Waals surface area contributed by atoms with Crippen LogP contribution in [0.3, 0.4) is 0 Å². The summed E-state index contributed by atoms with van der Waals surface area (Å²) in [5, 5.41) is 5.56. The van der Waals surface area contributed by atoms with Crippen LogP contribution in [0.5, 0.6) is 5.75 Å². The van der Waals surface area contributed by atoms with Crippen LogP contribution in [0.25, 0.3) is 0 Å². The zero-order valence-corrected chi connectivity index (χ0v) is 15.2. The summed E-state index contributed by atoms with van der Waals surface area (Å²) in [5.41, 5.74) is 0.541. The van der Waals surface area contributed by atoms with Crippen molar-refractivity contribution in [2.45, 2.75) is 0 Å². The van der Waals surface area contributed by atoms with Crippen LogP contribution in [0.4, 0.5) is 10.1 Å². The molecule has 0 saturated heterocycles. The van der Waals surface area contributed by atoms with Gasteiger partial charge in [-0.05, 0) is 42.5 Å². The first-order valence-corrected chi connectivity index (χ1v) is 7.96. The summed E-state index contributed by atoms with van der Waals surface area (Å²) in [6, 6.07) is 6.80. The van der Waals surface area contributed by atoms with Gasteiger partial charge in [0, 0.05) is 10.7 Å². The van der Waals surface area contributed by atoms with Gasteiger partial charge in [0.05, 0.1) is 22.7 Å². The summed E-state index contributed by atoms with van der Waals surface area (Å²) in [5.74, 6) is -0.955. The van der Waals surface area contributed by atoms with E-state index in [1.807, 2.05) is 0 Å². The van der Waals surface area contributed by atoms with Gasteiger partial charge in [0.25, 0.3) is 5.91 Å². The van der Waals surface area contributed by atoms with Gasteiger partial charge < -0.3 is 10.1 Å². The van der Waals surface area contributed by atoms with E-state index >= 15 is 0 Å². The maximum atomic E-state index is 13.1. The number of benzene rings is 2. The van der Waals surface area contributed by atoms with E-state index in [0.29, 0.717) is 5.69 Å². The first-order chi connectivity index (χ1) is 11.3. The minimum atomic E-state index is -0.568. The summed E-state index contributed by atoms with van der Waals surface area (Å²) in [6.07, 6.45) is 0. The van der Waals surface area contributed by atoms with Gasteiger partial charge in [-0.25, -0.2) is 4.39 Å². The Balaban J connectivity index is 2.14. The largest absolute Gasteiger partial charge is 0.494 e. The van der Waals surface area contributed by atoms with Crippen molar-refractivity contribution in [2.24, 2.45) is 0 Å². The van der Waals surface area contributed by atoms with Crippen LogP contribution in [0.15, 0.2) is 30.3 Å². The number of amides is 1. The molecular formula is C15H10Cl3FN2O2S. The Labute approximate surface area is 157 Å². The number of methoxy groups -OCH3 is 1. The molecule has 9 heteroatoms. The van der Waals surface area contributed by atoms with Crippen LogP contribution in [0.1, 0.15) is 10.4 Å². The number of anilines is 1. The van der Waals surface area contributed by atoms with Crippen LogP contribution in [0, 0.1) is 5.82 Å². The maximum absolute atomic E-state index is 13.1. The number of rotatable bonds is 3. The number of carbonyl (C=O) groups is 1. The van der Waals surface area contributed by atoms with Crippen molar-refractivity contribution >= 4 is 63.7 Å². The first-order valence-electron chi connectivity index (χ1n) is 6.42. The fraction of sp³-hybridized carbons (Fsp3) is 0.0667. The first kappa shape index (κ1) is 18.7. The third-order valence-electron chi connectivity index (χ3n) is 2.86. The lowest BCUT2D eigenvalue weighted by molar-refractivity contribution is 0.0975. The highest BCUT2D eigenvalue weighted by molar-refractivity contribution is 7.80. The van der Waals surface area contributed by atoms with Crippen LogP contribution < -0.4 is 15.4 Å². The van der Waals surface area contributed by atoms with E-state index in [1.54, 1.807) is 0 Å². The fourth-order valence-corrected chi connectivity index (χ4v) is 2.80. The Morgan fingerprint density at radius 1 is 1.17 bits per heavy atom. The highest BCUT2D eigenvalue weighted by Crippen LogP contribution is 2.32. The summed E-state index contributed by atoms with van der Waals surface area (Å²) in [7, 11) is 1.38. The molecule has 0 aliphatic heterocycles. The van der Waals surface area contributed by atoms with Crippen molar-refractivity contribution in [2.75, 3.05) is 12.4 Å². The SMILES string of the molecule is COc1c(Cl)cc(Cl)cc1C(=O)NC(=S)Nc1ccc(F)c(Cl)c1. The molecule has 0 spiro atoms. The zero-order chi connectivity index (χ0) is 17.9. The van der Waals surface area contributed by atoms with Gasteiger partial charge in [-0.3, -0.25) is 10.1 Å². The third kappa shape index (κ3) is 4.48. The number of halogens is 4. The molecule has 2 rings (SSSR count). The van der Waals surface area contributed by atoms with Gasteiger partial charge in [0.2, 0.25) is 0 Å². The molecule has 0 unspecified atom stereocenters. The number of nitrogens with one attached hydrogen (secondary N) is 2. The molecule has 0 aliphatic rings. The highest BCUT2D eigenvalue weighted by Gasteiger charge is 2.18. The van der Waals surface area contributed by atoms with Crippen molar-refractivity contribution in [1.82, 2.24) is 5.32 Å². The minimum Gasteiger partial charge on any atom is -0.494 e. The predicted molar refractivity (Wildman–Crippen MR) is 98.1 cm³/mol. The van der Waals surface area contributed by atoms with Crippen molar-refractivity contribution < 1.29 is 13.9 Å². The van der Waals surface area contributed by atoms with Crippen molar-refractivity contribution in [3.05, 3.63) is 56.8 Å². The molecule has 2 N–H and O–H groups in total. The van der Waals surface area contributed by atoms with E-state index < -0.39 is 11.7 Å². The quantitative estimate of drug-likeness (QED) is 0.709. The number of hydrogen-bond donors (Lipinski definition) is 2. The Morgan fingerprint density at radius 2 is 1.88 bits per heavy atom. The summed E-state index contributed by atoms with van der Waals surface area (Å²) >= 11 is 22.6. The molecule has 0 radical (unpaired) electrons. The molecule has 0 atom stereocenters. The number of ether oxygens (including phenoxy) is 1. The monoisotopic (exact) mass is 406 g/mol. The molecular weight excluding hydrogens is 398 g/mol. The Bertz CT molecular complexity index is 818. The minimum absolute atomic E-state index is 0.0131. The number of carbonyl (C=O) groups excluding carboxylic acids is 1. The molecule has 126 valence electrons. The smallest absolute Gasteiger partial charge is 0.261 e. The Morgan fingerprint density at radius 3 is 2.50 bits per heavy atom. The third-order valence-corrected chi connectivity index (χ3v) is 3.85. The van der Waals surface area contributed by atoms with Gasteiger partial charge >= 0.3 is 0 Å². The van der Waals surface area contributed by atoms with Crippen molar-refractivity contribution in [3.63, 3.8) is 0 Å². The van der Waals surface area contributed by atoms with E-state index in [4.69, 9.17) is 51.8 Å². The molecule has 0 aromatic heterocycles. The van der Waals surface area contributed by atoms with E-state index in [0.717, 1.165) is 0 Å². The molecule has 0 bridgehead atoms. The molecule has 24 heavy (non-hydrogen) atoms. The molecule has 0 fully saturated rings. The number of thiocarbonyl (C=S) groups is 1. The summed E-state index contributed by atoms with van der Waals surface area (Å²) in [6.45, 7) is 0. The molecule has 0 aliphatic carbocycles. The second-order valence-electron chi connectivity index (χ2n) is 4.51. The van der Waals surface area contributed by atoms with Crippen LogP contribution in [-0.2, 0) is 0 Å². The maximum Gasteiger partial charge on any atom is 0.261 e. The lowest BCUT2D eigenvalue weighted by Gasteiger charge is -2.13. The summed E-state index contributed by atoms with van der Waals surface area (Å²) < 4.78 is 18.2. The van der Waals surface area contributed by atoms with Gasteiger partial charge in [0.15, 0.2) is 5.11 Å². The summed E-state index contributed by atoms with van der Waals surface area (Å²) in [4.78, 5) is 12.3. The molecule has 0 saturated carbocycles. The average molecular weight is 408 g/mol. The second kappa shape index (κ2) is 7.98. The van der Waals surface area contributed by atoms with Gasteiger partial charge in [-0.1, -0.05) is 34.8 Å². The molecule has 2 aromatic carbocycles. The standard InChI is InChI=1S/C15H10Cl3FN2O2S/c1-23-13-9(4-7(16)5-11(13)18)14(22)21-15(24)20-8-2-3-12(19)10(17)6-8/h2-6H,1H3,(H2,20,21,22,24). The van der Waals surface area contributed by atoms with Crippen molar-refractivity contribution in [1.29, 1.82) is 0 Å². The Hall–Kier alpha value is -1.60. The van der Waals surface area contributed by atoms with E-state index in [2.05, 4.69) is 10.6 Å². The molecule has 2 aromatic rings. The van der Waals surface area contributed by atoms with Crippen LogP contribution in [-0.4, -0.2) is 18.1 Å². The fourth-order valence-electron chi connectivity index (χ4n) is 1.84. The zero-order valence-electron chi connectivity index (χ0n) is 12.1. The topological polar surface area (TPSA) is 50.4 Å². The van der Waals surface area contributed by atoms with Crippen LogP contribution in [0.2, 0.25) is 15.1 Å². The predicted octanol–water partition coefficient (Wildman–Crippen LogP) is 4.92. The molecule has 4 nitrogen and oxygen atoms in total. The van der Waals surface area contributed by atoms with Gasteiger partial charge in [-0.15, -0.1) is 0 Å². The van der Waals surface area contributed by atoms with E-state index in [9.17, 15) is 9.18 Å². The molecule has 1 amide bonds. The normalized spacial score (nSPS) is 10.2. The number of hydrogen-bond acceptors (Lipinski definition) is 3. The van der Waals surface area contributed by atoms with Gasteiger partial charge in [0.1, 0.15) is 11.6 Å². The lowest BCUT2D eigenvalue weighted by atomic mass is 10.2. The van der Waals surface area contributed by atoms with Crippen molar-refractivity contribution in [3.8, 4) is 5.75 Å². The van der Waals surface area contributed by atoms with Crippen LogP contribution >= 0.6 is 47.0 Å². The lowest BCUT2D eigenvalue weighted by Crippen LogP contribution is -2.34. The van der Waals surface area contributed by atoms with E-state index in [1.165, 1.54) is 37.4 Å². The highest BCUT2D eigenvalue weighted by atomic mass is 35.5. The molecule has 0 heterocycles.